The summed E-state index contributed by atoms with van der Waals surface area (Å²) < 4.78 is 5.69. The lowest BCUT2D eigenvalue weighted by molar-refractivity contribution is -0.119. The number of hydrogen-bond acceptors (Lipinski definition) is 4. The van der Waals surface area contributed by atoms with Gasteiger partial charge in [0.15, 0.2) is 0 Å². The summed E-state index contributed by atoms with van der Waals surface area (Å²) in [5.41, 5.74) is 9.64. The standard InChI is InChI=1S/C19H25N3O2/c1-13-7-8-17(14(2)9-13)19-21-15(12-24-19)10-22(11-18(20)23)16-5-3-4-6-16/h7-9,12,16H,3-6,10-11H2,1-2H3,(H2,20,23). The van der Waals surface area contributed by atoms with E-state index in [2.05, 4.69) is 35.9 Å². The molecule has 0 spiro atoms. The van der Waals surface area contributed by atoms with Gasteiger partial charge in [-0.05, 0) is 38.3 Å². The Morgan fingerprint density at radius 3 is 2.75 bits per heavy atom. The summed E-state index contributed by atoms with van der Waals surface area (Å²) in [7, 11) is 0. The molecule has 3 rings (SSSR count). The summed E-state index contributed by atoms with van der Waals surface area (Å²) in [4.78, 5) is 18.2. The molecule has 0 saturated heterocycles. The second kappa shape index (κ2) is 7.18. The molecule has 0 unspecified atom stereocenters. The van der Waals surface area contributed by atoms with Gasteiger partial charge in [0.05, 0.1) is 12.2 Å². The van der Waals surface area contributed by atoms with Crippen molar-refractivity contribution in [2.24, 2.45) is 5.73 Å². The first kappa shape index (κ1) is 16.7. The van der Waals surface area contributed by atoms with Crippen molar-refractivity contribution in [2.75, 3.05) is 6.54 Å². The molecule has 1 fully saturated rings. The Bertz CT molecular complexity index is 717. The highest BCUT2D eigenvalue weighted by molar-refractivity contribution is 5.76. The van der Waals surface area contributed by atoms with Gasteiger partial charge in [-0.1, -0.05) is 30.5 Å². The van der Waals surface area contributed by atoms with E-state index in [0.717, 1.165) is 29.7 Å². The van der Waals surface area contributed by atoms with E-state index in [0.29, 0.717) is 18.5 Å². The maximum absolute atomic E-state index is 11.4. The van der Waals surface area contributed by atoms with Crippen molar-refractivity contribution in [3.05, 3.63) is 41.3 Å². The lowest BCUT2D eigenvalue weighted by atomic mass is 10.1. The molecule has 5 heteroatoms. The quantitative estimate of drug-likeness (QED) is 0.884. The van der Waals surface area contributed by atoms with Crippen molar-refractivity contribution >= 4 is 5.91 Å². The van der Waals surface area contributed by atoms with E-state index in [-0.39, 0.29) is 12.5 Å². The Morgan fingerprint density at radius 1 is 1.33 bits per heavy atom. The number of nitrogens with zero attached hydrogens (tertiary/aromatic N) is 2. The van der Waals surface area contributed by atoms with Gasteiger partial charge in [0, 0.05) is 18.2 Å². The zero-order valence-electron chi connectivity index (χ0n) is 14.4. The molecule has 1 amide bonds. The fourth-order valence-corrected chi connectivity index (χ4v) is 3.55. The van der Waals surface area contributed by atoms with E-state index >= 15 is 0 Å². The van der Waals surface area contributed by atoms with E-state index < -0.39 is 0 Å². The van der Waals surface area contributed by atoms with Crippen LogP contribution in [0.3, 0.4) is 0 Å². The van der Waals surface area contributed by atoms with Gasteiger partial charge in [-0.25, -0.2) is 4.98 Å². The van der Waals surface area contributed by atoms with Crippen molar-refractivity contribution in [3.63, 3.8) is 0 Å². The lowest BCUT2D eigenvalue weighted by Gasteiger charge is -2.26. The summed E-state index contributed by atoms with van der Waals surface area (Å²) in [6.07, 6.45) is 6.36. The van der Waals surface area contributed by atoms with E-state index in [9.17, 15) is 4.79 Å². The number of rotatable bonds is 6. The third-order valence-electron chi connectivity index (χ3n) is 4.73. The molecule has 0 bridgehead atoms. The number of benzene rings is 1. The van der Waals surface area contributed by atoms with Crippen LogP contribution in [-0.4, -0.2) is 28.4 Å². The van der Waals surface area contributed by atoms with Crippen LogP contribution < -0.4 is 5.73 Å². The van der Waals surface area contributed by atoms with Gasteiger partial charge < -0.3 is 10.2 Å². The molecular formula is C19H25N3O2. The average molecular weight is 327 g/mol. The number of carbonyl (C=O) groups is 1. The van der Waals surface area contributed by atoms with Crippen LogP contribution >= 0.6 is 0 Å². The first-order chi connectivity index (χ1) is 11.5. The van der Waals surface area contributed by atoms with Crippen LogP contribution in [-0.2, 0) is 11.3 Å². The van der Waals surface area contributed by atoms with Gasteiger partial charge in [0.2, 0.25) is 11.8 Å². The van der Waals surface area contributed by atoms with Gasteiger partial charge in [0.25, 0.3) is 0 Å². The molecular weight excluding hydrogens is 302 g/mol. The second-order valence-corrected chi connectivity index (χ2v) is 6.77. The normalized spacial score (nSPS) is 15.3. The van der Waals surface area contributed by atoms with E-state index in [4.69, 9.17) is 10.2 Å². The molecule has 0 atom stereocenters. The maximum Gasteiger partial charge on any atom is 0.231 e. The summed E-state index contributed by atoms with van der Waals surface area (Å²) in [6.45, 7) is 5.00. The zero-order valence-corrected chi connectivity index (χ0v) is 14.4. The molecule has 0 radical (unpaired) electrons. The third-order valence-corrected chi connectivity index (χ3v) is 4.73. The van der Waals surface area contributed by atoms with Crippen molar-refractivity contribution in [1.82, 2.24) is 9.88 Å². The molecule has 5 nitrogen and oxygen atoms in total. The van der Waals surface area contributed by atoms with E-state index in [1.807, 2.05) is 6.07 Å². The Kier molecular flexibility index (Phi) is 5.00. The molecule has 1 aromatic carbocycles. The minimum absolute atomic E-state index is 0.274. The fourth-order valence-electron chi connectivity index (χ4n) is 3.55. The topological polar surface area (TPSA) is 72.4 Å². The Labute approximate surface area is 142 Å². The van der Waals surface area contributed by atoms with Crippen LogP contribution in [0.2, 0.25) is 0 Å². The SMILES string of the molecule is Cc1ccc(-c2nc(CN(CC(N)=O)C3CCCC3)co2)c(C)c1. The van der Waals surface area contributed by atoms with Gasteiger partial charge in [-0.3, -0.25) is 9.69 Å². The summed E-state index contributed by atoms with van der Waals surface area (Å²) in [5, 5.41) is 0. The maximum atomic E-state index is 11.4. The minimum atomic E-state index is -0.292. The number of nitrogens with two attached hydrogens (primary N) is 1. The van der Waals surface area contributed by atoms with Crippen LogP contribution in [0.1, 0.15) is 42.5 Å². The molecule has 1 heterocycles. The number of aromatic nitrogens is 1. The van der Waals surface area contributed by atoms with Crippen LogP contribution in [0.4, 0.5) is 0 Å². The Morgan fingerprint density at radius 2 is 2.08 bits per heavy atom. The molecule has 2 N–H and O–H groups in total. The first-order valence-corrected chi connectivity index (χ1v) is 8.57. The minimum Gasteiger partial charge on any atom is -0.444 e. The summed E-state index contributed by atoms with van der Waals surface area (Å²) >= 11 is 0. The lowest BCUT2D eigenvalue weighted by Crippen LogP contribution is -2.39. The van der Waals surface area contributed by atoms with Gasteiger partial charge in [-0.15, -0.1) is 0 Å². The van der Waals surface area contributed by atoms with Crippen molar-refractivity contribution in [2.45, 2.75) is 52.1 Å². The largest absolute Gasteiger partial charge is 0.444 e. The molecule has 1 saturated carbocycles. The molecule has 128 valence electrons. The highest BCUT2D eigenvalue weighted by Gasteiger charge is 2.25. The van der Waals surface area contributed by atoms with Gasteiger partial charge in [-0.2, -0.15) is 0 Å². The molecule has 1 aliphatic rings. The number of primary amides is 1. The summed E-state index contributed by atoms with van der Waals surface area (Å²) in [5.74, 6) is 0.341. The van der Waals surface area contributed by atoms with Gasteiger partial charge >= 0.3 is 0 Å². The number of hydrogen-bond donors (Lipinski definition) is 1. The smallest absolute Gasteiger partial charge is 0.231 e. The van der Waals surface area contributed by atoms with Gasteiger partial charge in [0.1, 0.15) is 6.26 Å². The van der Waals surface area contributed by atoms with E-state index in [1.165, 1.54) is 18.4 Å². The number of amides is 1. The van der Waals surface area contributed by atoms with Crippen LogP contribution in [0.25, 0.3) is 11.5 Å². The van der Waals surface area contributed by atoms with Crippen molar-refractivity contribution in [3.8, 4) is 11.5 Å². The number of carbonyl (C=O) groups excluding carboxylic acids is 1. The average Bonchev–Trinajstić information content (AvgIpc) is 3.17. The van der Waals surface area contributed by atoms with Crippen molar-refractivity contribution in [1.29, 1.82) is 0 Å². The van der Waals surface area contributed by atoms with Crippen LogP contribution in [0.5, 0.6) is 0 Å². The number of oxazole rings is 1. The van der Waals surface area contributed by atoms with Crippen molar-refractivity contribution < 1.29 is 9.21 Å². The molecule has 1 aliphatic carbocycles. The zero-order chi connectivity index (χ0) is 17.1. The highest BCUT2D eigenvalue weighted by atomic mass is 16.3. The molecule has 1 aromatic heterocycles. The summed E-state index contributed by atoms with van der Waals surface area (Å²) in [6, 6.07) is 6.64. The third kappa shape index (κ3) is 3.85. The first-order valence-electron chi connectivity index (χ1n) is 8.57. The predicted octanol–water partition coefficient (Wildman–Crippen LogP) is 3.19. The Balaban J connectivity index is 1.77. The Hall–Kier alpha value is -2.14. The van der Waals surface area contributed by atoms with Crippen LogP contribution in [0.15, 0.2) is 28.9 Å². The highest BCUT2D eigenvalue weighted by Crippen LogP contribution is 2.27. The molecule has 0 aliphatic heterocycles. The predicted molar refractivity (Wildman–Crippen MR) is 93.3 cm³/mol. The monoisotopic (exact) mass is 327 g/mol. The fraction of sp³-hybridized carbons (Fsp3) is 0.474. The second-order valence-electron chi connectivity index (χ2n) is 6.77. The van der Waals surface area contributed by atoms with E-state index in [1.54, 1.807) is 6.26 Å². The number of aryl methyl sites for hydroxylation is 2. The van der Waals surface area contributed by atoms with Crippen LogP contribution in [0, 0.1) is 13.8 Å². The molecule has 24 heavy (non-hydrogen) atoms. The molecule has 2 aromatic rings.